The SMILES string of the molecule is CNc1ccc(C#N)cc1N1CC(S)CC1=O. The molecule has 0 spiro atoms. The maximum atomic E-state index is 11.8. The molecule has 1 N–H and O–H groups in total. The Morgan fingerprint density at radius 2 is 2.35 bits per heavy atom. The molecule has 4 nitrogen and oxygen atoms in total. The lowest BCUT2D eigenvalue weighted by Crippen LogP contribution is -2.25. The quantitative estimate of drug-likeness (QED) is 0.781. The zero-order valence-electron chi connectivity index (χ0n) is 9.47. The van der Waals surface area contributed by atoms with Gasteiger partial charge in [-0.1, -0.05) is 0 Å². The number of nitrogens with one attached hydrogen (secondary N) is 1. The number of nitriles is 1. The molecule has 1 unspecified atom stereocenters. The van der Waals surface area contributed by atoms with Gasteiger partial charge in [-0.15, -0.1) is 0 Å². The van der Waals surface area contributed by atoms with Gasteiger partial charge in [0, 0.05) is 25.3 Å². The van der Waals surface area contributed by atoms with Crippen LogP contribution >= 0.6 is 12.6 Å². The summed E-state index contributed by atoms with van der Waals surface area (Å²) < 4.78 is 0. The molecule has 1 atom stereocenters. The number of carbonyl (C=O) groups excluding carboxylic acids is 1. The van der Waals surface area contributed by atoms with Gasteiger partial charge in [0.2, 0.25) is 5.91 Å². The highest BCUT2D eigenvalue weighted by molar-refractivity contribution is 7.81. The van der Waals surface area contributed by atoms with Crippen LogP contribution in [-0.2, 0) is 4.79 Å². The Morgan fingerprint density at radius 1 is 1.59 bits per heavy atom. The maximum Gasteiger partial charge on any atom is 0.228 e. The molecule has 1 aliphatic rings. The number of anilines is 2. The van der Waals surface area contributed by atoms with Crippen LogP contribution in [0.5, 0.6) is 0 Å². The van der Waals surface area contributed by atoms with Gasteiger partial charge in [-0.25, -0.2) is 0 Å². The van der Waals surface area contributed by atoms with Gasteiger partial charge in [-0.05, 0) is 18.2 Å². The lowest BCUT2D eigenvalue weighted by molar-refractivity contribution is -0.117. The Labute approximate surface area is 106 Å². The van der Waals surface area contributed by atoms with E-state index in [4.69, 9.17) is 5.26 Å². The number of hydrogen-bond donors (Lipinski definition) is 2. The first-order valence-electron chi connectivity index (χ1n) is 5.36. The van der Waals surface area contributed by atoms with Gasteiger partial charge in [0.15, 0.2) is 0 Å². The summed E-state index contributed by atoms with van der Waals surface area (Å²) in [7, 11) is 1.80. The standard InChI is InChI=1S/C12H13N3OS/c1-14-10-3-2-8(6-13)4-11(10)15-7-9(17)5-12(15)16/h2-4,9,14,17H,5,7H2,1H3. The first-order chi connectivity index (χ1) is 8.15. The van der Waals surface area contributed by atoms with Gasteiger partial charge in [0.25, 0.3) is 0 Å². The van der Waals surface area contributed by atoms with Crippen molar-refractivity contribution in [2.45, 2.75) is 11.7 Å². The maximum absolute atomic E-state index is 11.8. The normalized spacial score (nSPS) is 19.2. The molecule has 0 saturated carbocycles. The van der Waals surface area contributed by atoms with Crippen molar-refractivity contribution in [3.05, 3.63) is 23.8 Å². The van der Waals surface area contributed by atoms with Crippen molar-refractivity contribution in [1.82, 2.24) is 0 Å². The predicted octanol–water partition coefficient (Wildman–Crippen LogP) is 1.64. The summed E-state index contributed by atoms with van der Waals surface area (Å²) in [5.74, 6) is 0.0524. The highest BCUT2D eigenvalue weighted by Crippen LogP contribution is 2.31. The predicted molar refractivity (Wildman–Crippen MR) is 70.4 cm³/mol. The number of nitrogens with zero attached hydrogens (tertiary/aromatic N) is 2. The molecule has 1 saturated heterocycles. The summed E-state index contributed by atoms with van der Waals surface area (Å²) in [6.45, 7) is 0.589. The molecule has 0 aliphatic carbocycles. The van der Waals surface area contributed by atoms with E-state index in [9.17, 15) is 4.79 Å². The Balaban J connectivity index is 2.43. The van der Waals surface area contributed by atoms with E-state index in [0.717, 1.165) is 11.4 Å². The highest BCUT2D eigenvalue weighted by Gasteiger charge is 2.29. The van der Waals surface area contributed by atoms with Crippen molar-refractivity contribution in [1.29, 1.82) is 5.26 Å². The van der Waals surface area contributed by atoms with E-state index in [2.05, 4.69) is 24.0 Å². The fourth-order valence-electron chi connectivity index (χ4n) is 1.96. The second-order valence-electron chi connectivity index (χ2n) is 3.96. The first-order valence-corrected chi connectivity index (χ1v) is 5.87. The Morgan fingerprint density at radius 3 is 2.88 bits per heavy atom. The summed E-state index contributed by atoms with van der Waals surface area (Å²) in [5.41, 5.74) is 2.15. The molecular weight excluding hydrogens is 234 g/mol. The minimum atomic E-state index is 0.0524. The average molecular weight is 247 g/mol. The van der Waals surface area contributed by atoms with E-state index in [1.165, 1.54) is 0 Å². The van der Waals surface area contributed by atoms with Crippen LogP contribution in [0.1, 0.15) is 12.0 Å². The number of amides is 1. The molecule has 2 rings (SSSR count). The summed E-state index contributed by atoms with van der Waals surface area (Å²) in [6.07, 6.45) is 0.447. The van der Waals surface area contributed by atoms with Crippen LogP contribution in [0, 0.1) is 11.3 Å². The number of thiol groups is 1. The second kappa shape index (κ2) is 4.68. The van der Waals surface area contributed by atoms with Crippen LogP contribution in [0.25, 0.3) is 0 Å². The van der Waals surface area contributed by atoms with Gasteiger partial charge >= 0.3 is 0 Å². The van der Waals surface area contributed by atoms with Gasteiger partial charge in [-0.2, -0.15) is 17.9 Å². The van der Waals surface area contributed by atoms with Crippen molar-refractivity contribution >= 4 is 29.9 Å². The van der Waals surface area contributed by atoms with Crippen LogP contribution in [0.15, 0.2) is 18.2 Å². The molecule has 17 heavy (non-hydrogen) atoms. The topological polar surface area (TPSA) is 56.1 Å². The van der Waals surface area contributed by atoms with Crippen molar-refractivity contribution < 1.29 is 4.79 Å². The molecule has 5 heteroatoms. The van der Waals surface area contributed by atoms with Gasteiger partial charge < -0.3 is 10.2 Å². The van der Waals surface area contributed by atoms with Crippen molar-refractivity contribution in [2.75, 3.05) is 23.8 Å². The average Bonchev–Trinajstić information content (AvgIpc) is 2.67. The Bertz CT molecular complexity index is 495. The monoisotopic (exact) mass is 247 g/mol. The molecule has 0 aromatic heterocycles. The largest absolute Gasteiger partial charge is 0.386 e. The summed E-state index contributed by atoms with van der Waals surface area (Å²) in [5, 5.41) is 12.0. The highest BCUT2D eigenvalue weighted by atomic mass is 32.1. The summed E-state index contributed by atoms with van der Waals surface area (Å²) >= 11 is 4.33. The van der Waals surface area contributed by atoms with E-state index in [0.29, 0.717) is 18.5 Å². The minimum absolute atomic E-state index is 0.0524. The lowest BCUT2D eigenvalue weighted by Gasteiger charge is -2.20. The van der Waals surface area contributed by atoms with Crippen molar-refractivity contribution in [2.24, 2.45) is 0 Å². The van der Waals surface area contributed by atoms with Gasteiger partial charge in [-0.3, -0.25) is 4.79 Å². The number of rotatable bonds is 2. The number of carbonyl (C=O) groups is 1. The smallest absolute Gasteiger partial charge is 0.228 e. The summed E-state index contributed by atoms with van der Waals surface area (Å²) in [4.78, 5) is 13.5. The third-order valence-corrected chi connectivity index (χ3v) is 3.14. The molecule has 88 valence electrons. The van der Waals surface area contributed by atoms with Crippen LogP contribution in [0.2, 0.25) is 0 Å². The fourth-order valence-corrected chi connectivity index (χ4v) is 2.28. The molecule has 1 aliphatic heterocycles. The zero-order chi connectivity index (χ0) is 12.4. The van der Waals surface area contributed by atoms with E-state index in [1.807, 2.05) is 6.07 Å². The van der Waals surface area contributed by atoms with E-state index >= 15 is 0 Å². The minimum Gasteiger partial charge on any atom is -0.386 e. The number of benzene rings is 1. The van der Waals surface area contributed by atoms with Gasteiger partial charge in [0.05, 0.1) is 23.0 Å². The lowest BCUT2D eigenvalue weighted by atomic mass is 10.1. The second-order valence-corrected chi connectivity index (χ2v) is 4.69. The van der Waals surface area contributed by atoms with Gasteiger partial charge in [0.1, 0.15) is 0 Å². The molecule has 1 aromatic rings. The zero-order valence-corrected chi connectivity index (χ0v) is 10.4. The van der Waals surface area contributed by atoms with E-state index in [-0.39, 0.29) is 11.2 Å². The molecule has 0 radical (unpaired) electrons. The fraction of sp³-hybridized carbons (Fsp3) is 0.333. The third kappa shape index (κ3) is 2.22. The van der Waals surface area contributed by atoms with E-state index < -0.39 is 0 Å². The van der Waals surface area contributed by atoms with Crippen LogP contribution < -0.4 is 10.2 Å². The Hall–Kier alpha value is -1.67. The van der Waals surface area contributed by atoms with Crippen LogP contribution in [-0.4, -0.2) is 24.7 Å². The molecular formula is C12H13N3OS. The van der Waals surface area contributed by atoms with E-state index in [1.54, 1.807) is 24.1 Å². The number of hydrogen-bond acceptors (Lipinski definition) is 4. The van der Waals surface area contributed by atoms with Crippen molar-refractivity contribution in [3.63, 3.8) is 0 Å². The molecule has 1 heterocycles. The molecule has 0 bridgehead atoms. The molecule has 1 aromatic carbocycles. The Kier molecular flexibility index (Phi) is 3.25. The first kappa shape index (κ1) is 11.8. The molecule has 1 amide bonds. The van der Waals surface area contributed by atoms with Crippen LogP contribution in [0.4, 0.5) is 11.4 Å². The van der Waals surface area contributed by atoms with Crippen molar-refractivity contribution in [3.8, 4) is 6.07 Å². The third-order valence-electron chi connectivity index (χ3n) is 2.79. The summed E-state index contributed by atoms with van der Waals surface area (Å²) in [6, 6.07) is 7.36. The molecule has 1 fully saturated rings. The van der Waals surface area contributed by atoms with Crippen LogP contribution in [0.3, 0.4) is 0 Å².